The van der Waals surface area contributed by atoms with E-state index < -0.39 is 42.2 Å². The summed E-state index contributed by atoms with van der Waals surface area (Å²) in [6, 6.07) is 6.07. The van der Waals surface area contributed by atoms with Crippen molar-refractivity contribution in [2.24, 2.45) is 11.7 Å². The third-order valence-electron chi connectivity index (χ3n) is 5.98. The maximum Gasteiger partial charge on any atom is 0.490 e. The Labute approximate surface area is 244 Å². The number of ether oxygens (including phenoxy) is 1. The second kappa shape index (κ2) is 20.5. The van der Waals surface area contributed by atoms with Crippen LogP contribution in [0.15, 0.2) is 24.3 Å². The Balaban J connectivity index is 0.00000212. The van der Waals surface area contributed by atoms with E-state index in [4.69, 9.17) is 25.5 Å². The van der Waals surface area contributed by atoms with E-state index in [0.29, 0.717) is 31.7 Å². The van der Waals surface area contributed by atoms with Crippen LogP contribution < -0.4 is 21.1 Å². The van der Waals surface area contributed by atoms with E-state index in [-0.39, 0.29) is 24.7 Å². The maximum absolute atomic E-state index is 12.3. The molecule has 1 aromatic carbocycles. The predicted octanol–water partition coefficient (Wildman–Crippen LogP) is 3.02. The van der Waals surface area contributed by atoms with Gasteiger partial charge in [-0.05, 0) is 63.1 Å². The molecule has 0 radical (unpaired) electrons. The molecular weight excluding hydrogens is 563 g/mol. The minimum absolute atomic E-state index is 0.117. The second-order valence-corrected chi connectivity index (χ2v) is 9.96. The number of unbranched alkanes of at least 4 members (excludes halogenated alkanes) is 3. The lowest BCUT2D eigenvalue weighted by Crippen LogP contribution is -2.50. The Morgan fingerprint density at radius 1 is 1.02 bits per heavy atom. The van der Waals surface area contributed by atoms with Crippen molar-refractivity contribution in [2.45, 2.75) is 96.5 Å². The Kier molecular flexibility index (Phi) is 18.8. The molecule has 0 aromatic heterocycles. The number of carboxylic acids is 2. The van der Waals surface area contributed by atoms with E-state index >= 15 is 0 Å². The van der Waals surface area contributed by atoms with Crippen LogP contribution in [0.5, 0.6) is 5.75 Å². The zero-order chi connectivity index (χ0) is 32.3. The van der Waals surface area contributed by atoms with E-state index in [0.717, 1.165) is 31.2 Å². The second-order valence-electron chi connectivity index (χ2n) is 9.96. The highest BCUT2D eigenvalue weighted by atomic mass is 19.4. The van der Waals surface area contributed by atoms with Crippen molar-refractivity contribution in [3.05, 3.63) is 29.8 Å². The van der Waals surface area contributed by atoms with Crippen molar-refractivity contribution in [2.75, 3.05) is 13.2 Å². The Hall–Kier alpha value is -3.39. The normalized spacial score (nSPS) is 13.9. The molecule has 42 heavy (non-hydrogen) atoms. The van der Waals surface area contributed by atoms with Gasteiger partial charge < -0.3 is 36.4 Å². The molecule has 1 aromatic rings. The summed E-state index contributed by atoms with van der Waals surface area (Å²) >= 11 is 0. The van der Waals surface area contributed by atoms with E-state index in [1.165, 1.54) is 0 Å². The smallest absolute Gasteiger partial charge is 0.490 e. The number of hydrogen-bond acceptors (Lipinski definition) is 7. The van der Waals surface area contributed by atoms with Gasteiger partial charge in [0.05, 0.1) is 24.8 Å². The molecule has 4 atom stereocenters. The first-order valence-corrected chi connectivity index (χ1v) is 13.8. The number of aliphatic hydroxyl groups is 1. The summed E-state index contributed by atoms with van der Waals surface area (Å²) in [5, 5.41) is 32.4. The minimum Gasteiger partial charge on any atom is -0.494 e. The van der Waals surface area contributed by atoms with Crippen LogP contribution in [-0.2, 0) is 25.6 Å². The molecule has 0 aliphatic heterocycles. The number of amides is 2. The molecule has 7 N–H and O–H groups in total. The maximum atomic E-state index is 12.3. The average Bonchev–Trinajstić information content (AvgIpc) is 2.90. The van der Waals surface area contributed by atoms with E-state index in [1.54, 1.807) is 13.8 Å². The summed E-state index contributed by atoms with van der Waals surface area (Å²) in [6.07, 6.45) is -1.30. The van der Waals surface area contributed by atoms with Gasteiger partial charge in [0.2, 0.25) is 11.8 Å². The molecule has 0 fully saturated rings. The highest BCUT2D eigenvalue weighted by Crippen LogP contribution is 2.19. The van der Waals surface area contributed by atoms with Crippen LogP contribution in [0.3, 0.4) is 0 Å². The third-order valence-corrected chi connectivity index (χ3v) is 5.98. The summed E-state index contributed by atoms with van der Waals surface area (Å²) in [7, 11) is 0. The number of halogens is 3. The van der Waals surface area contributed by atoms with Crippen LogP contribution in [0.25, 0.3) is 0 Å². The lowest BCUT2D eigenvalue weighted by molar-refractivity contribution is -0.192. The number of hydrogen-bond donors (Lipinski definition) is 6. The predicted molar refractivity (Wildman–Crippen MR) is 149 cm³/mol. The Morgan fingerprint density at radius 2 is 1.67 bits per heavy atom. The highest BCUT2D eigenvalue weighted by Gasteiger charge is 2.38. The summed E-state index contributed by atoms with van der Waals surface area (Å²) in [5.74, 6) is -3.79. The monoisotopic (exact) mass is 607 g/mol. The van der Waals surface area contributed by atoms with Gasteiger partial charge in [-0.25, -0.2) is 4.79 Å². The number of alkyl halides is 3. The van der Waals surface area contributed by atoms with Crippen LogP contribution in [0.4, 0.5) is 13.2 Å². The number of nitrogens with two attached hydrogens (primary N) is 1. The number of carbonyl (C=O) groups excluding carboxylic acids is 2. The van der Waals surface area contributed by atoms with Gasteiger partial charge in [-0.3, -0.25) is 14.4 Å². The summed E-state index contributed by atoms with van der Waals surface area (Å²) in [6.45, 7) is 6.47. The summed E-state index contributed by atoms with van der Waals surface area (Å²) in [4.78, 5) is 44.1. The van der Waals surface area contributed by atoms with Crippen molar-refractivity contribution in [1.82, 2.24) is 10.6 Å². The molecule has 14 heteroatoms. The molecule has 0 unspecified atom stereocenters. The molecule has 0 aliphatic carbocycles. The zero-order valence-electron chi connectivity index (χ0n) is 24.3. The molecule has 11 nitrogen and oxygen atoms in total. The van der Waals surface area contributed by atoms with Crippen molar-refractivity contribution in [3.8, 4) is 5.75 Å². The first kappa shape index (κ1) is 38.6. The highest BCUT2D eigenvalue weighted by molar-refractivity contribution is 5.81. The number of aliphatic carboxylic acids is 2. The first-order chi connectivity index (χ1) is 19.6. The molecule has 2 amide bonds. The van der Waals surface area contributed by atoms with Crippen molar-refractivity contribution >= 4 is 23.8 Å². The van der Waals surface area contributed by atoms with Crippen LogP contribution >= 0.6 is 0 Å². The van der Waals surface area contributed by atoms with E-state index in [9.17, 15) is 32.7 Å². The average molecular weight is 608 g/mol. The van der Waals surface area contributed by atoms with Gasteiger partial charge in [0, 0.05) is 18.9 Å². The molecule has 0 bridgehead atoms. The first-order valence-electron chi connectivity index (χ1n) is 13.8. The molecule has 0 saturated carbocycles. The van der Waals surface area contributed by atoms with Crippen molar-refractivity contribution in [1.29, 1.82) is 0 Å². The van der Waals surface area contributed by atoms with Crippen LogP contribution in [0, 0.1) is 5.92 Å². The topological polar surface area (TPSA) is 188 Å². The van der Waals surface area contributed by atoms with Gasteiger partial charge in [0.15, 0.2) is 0 Å². The fourth-order valence-corrected chi connectivity index (χ4v) is 3.55. The van der Waals surface area contributed by atoms with Crippen LogP contribution in [0.2, 0.25) is 0 Å². The summed E-state index contributed by atoms with van der Waals surface area (Å²) < 4.78 is 37.5. The van der Waals surface area contributed by atoms with Gasteiger partial charge in [-0.1, -0.05) is 32.4 Å². The minimum atomic E-state index is -5.08. The molecule has 0 saturated heterocycles. The van der Waals surface area contributed by atoms with Crippen molar-refractivity contribution in [3.63, 3.8) is 0 Å². The Morgan fingerprint density at radius 3 is 2.21 bits per heavy atom. The summed E-state index contributed by atoms with van der Waals surface area (Å²) in [5.41, 5.74) is 6.58. The van der Waals surface area contributed by atoms with Gasteiger partial charge in [-0.2, -0.15) is 13.2 Å². The third kappa shape index (κ3) is 18.1. The van der Waals surface area contributed by atoms with Crippen LogP contribution in [-0.4, -0.2) is 76.6 Å². The van der Waals surface area contributed by atoms with Gasteiger partial charge >= 0.3 is 18.1 Å². The standard InChI is InChI=1S/C26H43N3O6.C2HF3O2/c1-4-5-13-28-25(33)18(2)15-23(30)22(29-26(34)19(3)27)17-20-10-9-11-21(16-20)35-14-8-6-7-12-24(31)32;3-2(4,5)1(6)7/h9-11,16,18-19,22-23,30H,4-8,12-15,17,27H2,1-3H3,(H,28,33)(H,29,34)(H,31,32);(H,6,7)/t18-,19+,22+,23-;/m1./s1. The molecule has 0 aliphatic rings. The molecular formula is C28H44F3N3O8. The Bertz CT molecular complexity index is 976. The number of nitrogens with one attached hydrogen (secondary N) is 2. The number of rotatable bonds is 18. The van der Waals surface area contributed by atoms with Gasteiger partial charge in [0.1, 0.15) is 5.75 Å². The lowest BCUT2D eigenvalue weighted by Gasteiger charge is -2.27. The fourth-order valence-electron chi connectivity index (χ4n) is 3.55. The van der Waals surface area contributed by atoms with Crippen molar-refractivity contribution < 1.29 is 52.4 Å². The van der Waals surface area contributed by atoms with E-state index in [1.807, 2.05) is 31.2 Å². The largest absolute Gasteiger partial charge is 0.494 e. The molecule has 0 heterocycles. The molecule has 240 valence electrons. The number of carboxylic acid groups (broad SMARTS) is 2. The van der Waals surface area contributed by atoms with Gasteiger partial charge in [-0.15, -0.1) is 0 Å². The quantitative estimate of drug-likeness (QED) is 0.136. The fraction of sp³-hybridized carbons (Fsp3) is 0.643. The lowest BCUT2D eigenvalue weighted by atomic mass is 9.93. The SMILES string of the molecule is CCCCNC(=O)[C@H](C)C[C@@H](O)[C@H](Cc1cccc(OCCCCCC(=O)O)c1)NC(=O)[C@H](C)N.O=C(O)C(F)(F)F. The number of aliphatic hydroxyl groups excluding tert-OH is 1. The van der Waals surface area contributed by atoms with E-state index in [2.05, 4.69) is 10.6 Å². The number of carbonyl (C=O) groups is 4. The molecule has 0 spiro atoms. The molecule has 1 rings (SSSR count). The zero-order valence-corrected chi connectivity index (χ0v) is 24.3. The van der Waals surface area contributed by atoms with Crippen LogP contribution in [0.1, 0.15) is 71.3 Å². The van der Waals surface area contributed by atoms with Gasteiger partial charge in [0.25, 0.3) is 0 Å². The number of benzene rings is 1.